The molecule has 0 aliphatic rings. The summed E-state index contributed by atoms with van der Waals surface area (Å²) in [5, 5.41) is 10.7. The van der Waals surface area contributed by atoms with E-state index < -0.39 is 34.4 Å². The number of carbonyl (C=O) groups excluding carboxylic acids is 1. The lowest BCUT2D eigenvalue weighted by molar-refractivity contribution is -0.390. The molecule has 0 radical (unpaired) electrons. The van der Waals surface area contributed by atoms with Gasteiger partial charge in [-0.15, -0.1) is 0 Å². The number of pyridine rings is 1. The van der Waals surface area contributed by atoms with Crippen molar-refractivity contribution in [2.24, 2.45) is 0 Å². The van der Waals surface area contributed by atoms with E-state index in [0.717, 1.165) is 6.07 Å². The molecule has 0 saturated carbocycles. The van der Waals surface area contributed by atoms with Crippen molar-refractivity contribution in [1.82, 2.24) is 4.98 Å². The normalized spacial score (nSPS) is 10.5. The van der Waals surface area contributed by atoms with Gasteiger partial charge in [0.05, 0.1) is 6.61 Å². The first-order valence-corrected chi connectivity index (χ1v) is 5.76. The topological polar surface area (TPSA) is 82.3 Å². The van der Waals surface area contributed by atoms with Gasteiger partial charge >= 0.3 is 18.2 Å². The molecule has 0 N–H and O–H groups in total. The van der Waals surface area contributed by atoms with Gasteiger partial charge in [-0.1, -0.05) is 0 Å². The molecule has 0 amide bonds. The lowest BCUT2D eigenvalue weighted by Crippen LogP contribution is -2.13. The summed E-state index contributed by atoms with van der Waals surface area (Å²) in [5.41, 5.74) is -1.16. The zero-order valence-electron chi connectivity index (χ0n) is 9.02. The Balaban J connectivity index is 3.41. The Morgan fingerprint density at radius 1 is 1.67 bits per heavy atom. The van der Waals surface area contributed by atoms with Crippen LogP contribution in [-0.2, 0) is 4.74 Å². The van der Waals surface area contributed by atoms with E-state index >= 15 is 0 Å². The van der Waals surface area contributed by atoms with Crippen LogP contribution in [0.4, 0.5) is 14.6 Å². The van der Waals surface area contributed by atoms with Gasteiger partial charge in [0.15, 0.2) is 5.56 Å². The van der Waals surface area contributed by atoms with Crippen molar-refractivity contribution in [2.45, 2.75) is 13.3 Å². The van der Waals surface area contributed by atoms with Crippen molar-refractivity contribution in [3.63, 3.8) is 0 Å². The maximum Gasteiger partial charge on any atom is 0.379 e. The highest BCUT2D eigenvalue weighted by Crippen LogP contribution is 2.28. The Kier molecular flexibility index (Phi) is 4.87. The van der Waals surface area contributed by atoms with Crippen molar-refractivity contribution in [2.75, 3.05) is 6.61 Å². The standard InChI is InChI=1S/C9H7F2IN2O4/c1-2-18-9(15)6-4(12)3-5(7(10)11)13-8(6)14(16)17/h3,7H,2H2,1H3. The molecule has 18 heavy (non-hydrogen) atoms. The molecule has 0 atom stereocenters. The highest BCUT2D eigenvalue weighted by molar-refractivity contribution is 14.1. The fourth-order valence-electron chi connectivity index (χ4n) is 1.16. The number of aromatic nitrogens is 1. The summed E-state index contributed by atoms with van der Waals surface area (Å²) in [6.07, 6.45) is -2.95. The largest absolute Gasteiger partial charge is 0.462 e. The van der Waals surface area contributed by atoms with Crippen LogP contribution in [0, 0.1) is 13.7 Å². The van der Waals surface area contributed by atoms with E-state index in [0.29, 0.717) is 0 Å². The van der Waals surface area contributed by atoms with Crippen molar-refractivity contribution in [3.8, 4) is 0 Å². The molecule has 0 unspecified atom stereocenters. The van der Waals surface area contributed by atoms with E-state index in [2.05, 4.69) is 9.72 Å². The Hall–Kier alpha value is -1.39. The number of esters is 1. The molecule has 6 nitrogen and oxygen atoms in total. The average Bonchev–Trinajstić information content (AvgIpc) is 2.27. The fourth-order valence-corrected chi connectivity index (χ4v) is 1.94. The molecule has 0 aliphatic carbocycles. The van der Waals surface area contributed by atoms with Gasteiger partial charge < -0.3 is 14.9 Å². The molecular formula is C9H7F2IN2O4. The number of hydrogen-bond donors (Lipinski definition) is 0. The predicted octanol–water partition coefficient (Wildman–Crippen LogP) is 2.71. The summed E-state index contributed by atoms with van der Waals surface area (Å²) in [7, 11) is 0. The molecule has 9 heteroatoms. The minimum atomic E-state index is -2.95. The van der Waals surface area contributed by atoms with Crippen molar-refractivity contribution in [3.05, 3.63) is 31.0 Å². The van der Waals surface area contributed by atoms with Crippen LogP contribution in [-0.4, -0.2) is 22.5 Å². The van der Waals surface area contributed by atoms with Crippen molar-refractivity contribution >= 4 is 34.4 Å². The van der Waals surface area contributed by atoms with Gasteiger partial charge in [0.2, 0.25) is 5.69 Å². The highest BCUT2D eigenvalue weighted by atomic mass is 127. The van der Waals surface area contributed by atoms with Crippen molar-refractivity contribution < 1.29 is 23.2 Å². The second-order valence-corrected chi connectivity index (χ2v) is 4.17. The molecule has 1 aromatic heterocycles. The number of alkyl halides is 2. The van der Waals surface area contributed by atoms with Gasteiger partial charge in [-0.3, -0.25) is 0 Å². The van der Waals surface area contributed by atoms with Crippen LogP contribution in [0.3, 0.4) is 0 Å². The van der Waals surface area contributed by atoms with Crippen LogP contribution in [0.25, 0.3) is 0 Å². The Morgan fingerprint density at radius 3 is 2.72 bits per heavy atom. The molecule has 0 saturated heterocycles. The molecule has 0 spiro atoms. The van der Waals surface area contributed by atoms with Gasteiger partial charge in [0, 0.05) is 9.64 Å². The number of rotatable bonds is 4. The number of halogens is 3. The third-order valence-corrected chi connectivity index (χ3v) is 2.70. The average molecular weight is 372 g/mol. The summed E-state index contributed by atoms with van der Waals surface area (Å²) < 4.78 is 29.6. The van der Waals surface area contributed by atoms with Gasteiger partial charge in [-0.05, 0) is 39.4 Å². The lowest BCUT2D eigenvalue weighted by atomic mass is 10.2. The molecule has 0 aliphatic heterocycles. The van der Waals surface area contributed by atoms with Crippen LogP contribution < -0.4 is 0 Å². The van der Waals surface area contributed by atoms with E-state index in [9.17, 15) is 23.7 Å². The number of hydrogen-bond acceptors (Lipinski definition) is 5. The lowest BCUT2D eigenvalue weighted by Gasteiger charge is -2.05. The first-order chi connectivity index (χ1) is 8.38. The minimum Gasteiger partial charge on any atom is -0.462 e. The molecule has 0 fully saturated rings. The molecule has 1 rings (SSSR count). The maximum absolute atomic E-state index is 12.5. The van der Waals surface area contributed by atoms with Gasteiger partial charge in [-0.25, -0.2) is 13.6 Å². The van der Waals surface area contributed by atoms with E-state index in [1.54, 1.807) is 22.6 Å². The molecule has 0 bridgehead atoms. The number of nitrogens with zero attached hydrogens (tertiary/aromatic N) is 2. The van der Waals surface area contributed by atoms with Gasteiger partial charge in [-0.2, -0.15) is 0 Å². The summed E-state index contributed by atoms with van der Waals surface area (Å²) in [4.78, 5) is 24.5. The third-order valence-electron chi connectivity index (χ3n) is 1.85. The van der Waals surface area contributed by atoms with Crippen LogP contribution in [0.5, 0.6) is 0 Å². The SMILES string of the molecule is CCOC(=O)c1c(I)cc(C(F)F)nc1[N+](=O)[O-]. The molecule has 98 valence electrons. The van der Waals surface area contributed by atoms with E-state index in [-0.39, 0.29) is 10.2 Å². The number of carbonyl (C=O) groups is 1. The third kappa shape index (κ3) is 3.09. The van der Waals surface area contributed by atoms with Gasteiger partial charge in [0.25, 0.3) is 0 Å². The van der Waals surface area contributed by atoms with Crippen LogP contribution in [0.1, 0.15) is 29.4 Å². The molecule has 1 heterocycles. The van der Waals surface area contributed by atoms with Gasteiger partial charge in [0.1, 0.15) is 0 Å². The molecular weight excluding hydrogens is 365 g/mol. The summed E-state index contributed by atoms with van der Waals surface area (Å²) in [6.45, 7) is 1.54. The smallest absolute Gasteiger partial charge is 0.379 e. The predicted molar refractivity (Wildman–Crippen MR) is 64.5 cm³/mol. The van der Waals surface area contributed by atoms with Crippen LogP contribution in [0.15, 0.2) is 6.07 Å². The Labute approximate surface area is 114 Å². The monoisotopic (exact) mass is 372 g/mol. The Bertz CT molecular complexity index is 496. The molecule has 1 aromatic rings. The number of nitro groups is 1. The zero-order valence-corrected chi connectivity index (χ0v) is 11.2. The maximum atomic E-state index is 12.5. The fraction of sp³-hybridized carbons (Fsp3) is 0.333. The second kappa shape index (κ2) is 5.98. The second-order valence-electron chi connectivity index (χ2n) is 3.01. The van der Waals surface area contributed by atoms with E-state index in [1.165, 1.54) is 6.92 Å². The first kappa shape index (κ1) is 14.7. The zero-order chi connectivity index (χ0) is 13.9. The van der Waals surface area contributed by atoms with E-state index in [4.69, 9.17) is 0 Å². The summed E-state index contributed by atoms with van der Waals surface area (Å²) >= 11 is 1.55. The highest BCUT2D eigenvalue weighted by Gasteiger charge is 2.30. The number of ether oxygens (including phenoxy) is 1. The summed E-state index contributed by atoms with van der Waals surface area (Å²) in [6, 6.07) is 0.921. The quantitative estimate of drug-likeness (QED) is 0.351. The Morgan fingerprint density at radius 2 is 2.28 bits per heavy atom. The van der Waals surface area contributed by atoms with Crippen molar-refractivity contribution in [1.29, 1.82) is 0 Å². The van der Waals surface area contributed by atoms with Crippen LogP contribution >= 0.6 is 22.6 Å². The van der Waals surface area contributed by atoms with Crippen LogP contribution in [0.2, 0.25) is 0 Å². The van der Waals surface area contributed by atoms with E-state index in [1.807, 2.05) is 0 Å². The minimum absolute atomic E-state index is 0.00282. The molecule has 0 aromatic carbocycles. The summed E-state index contributed by atoms with van der Waals surface area (Å²) in [5.74, 6) is -1.88. The first-order valence-electron chi connectivity index (χ1n) is 4.68.